The Labute approximate surface area is 126 Å². The van der Waals surface area contributed by atoms with Gasteiger partial charge in [0, 0.05) is 6.07 Å². The number of epoxide rings is 1. The van der Waals surface area contributed by atoms with Gasteiger partial charge >= 0.3 is 6.08 Å². The maximum Gasteiger partial charge on any atom is 0.387 e. The topological polar surface area (TPSA) is 101 Å². The molecule has 116 valence electrons. The van der Waals surface area contributed by atoms with E-state index in [1.54, 1.807) is 19.1 Å². The maximum atomic E-state index is 7.82. The second-order valence-electron chi connectivity index (χ2n) is 4.70. The molecule has 1 fully saturated rings. The van der Waals surface area contributed by atoms with Crippen LogP contribution in [-0.4, -0.2) is 37.9 Å². The number of furan rings is 1. The molecule has 1 aliphatic heterocycles. The lowest BCUT2D eigenvalue weighted by Crippen LogP contribution is -2.14. The largest absolute Gasteiger partial charge is 0.490 e. The molecule has 0 saturated carbocycles. The number of nitrogens with one attached hydrogen (secondary N) is 2. The van der Waals surface area contributed by atoms with E-state index in [4.69, 9.17) is 34.2 Å². The molecule has 0 aliphatic carbocycles. The van der Waals surface area contributed by atoms with E-state index in [9.17, 15) is 0 Å². The molecule has 7 heteroatoms. The Kier molecular flexibility index (Phi) is 3.97. The van der Waals surface area contributed by atoms with Crippen molar-refractivity contribution in [1.82, 2.24) is 0 Å². The molecule has 0 spiro atoms. The fraction of sp³-hybridized carbons (Fsp3) is 0.333. The van der Waals surface area contributed by atoms with Crippen LogP contribution in [0.3, 0.4) is 0 Å². The van der Waals surface area contributed by atoms with Crippen LogP contribution in [0.5, 0.6) is 5.75 Å². The molecule has 1 aromatic heterocycles. The quantitative estimate of drug-likeness (QED) is 0.502. The van der Waals surface area contributed by atoms with Crippen LogP contribution in [0.1, 0.15) is 12.7 Å². The molecular formula is C15H16N2O5. The summed E-state index contributed by atoms with van der Waals surface area (Å²) < 4.78 is 26.2. The van der Waals surface area contributed by atoms with Crippen molar-refractivity contribution in [2.75, 3.05) is 19.8 Å². The van der Waals surface area contributed by atoms with Gasteiger partial charge in [-0.1, -0.05) is 6.07 Å². The van der Waals surface area contributed by atoms with Gasteiger partial charge in [0.1, 0.15) is 24.0 Å². The van der Waals surface area contributed by atoms with E-state index >= 15 is 0 Å². The van der Waals surface area contributed by atoms with Gasteiger partial charge < -0.3 is 23.4 Å². The number of benzene rings is 1. The zero-order valence-electron chi connectivity index (χ0n) is 12.0. The van der Waals surface area contributed by atoms with Gasteiger partial charge in [-0.05, 0) is 19.1 Å². The molecule has 0 radical (unpaired) electrons. The standard InChI is InChI=1S/C15H16N2O5/c1-2-18-15(17)22-14(16)13-6-10-11(20-8-9-7-19-9)4-3-5-12(10)21-13/h3-6,9,16-17H,2,7-8H2,1H3/t9-/m0/s1. The Morgan fingerprint density at radius 3 is 2.91 bits per heavy atom. The minimum Gasteiger partial charge on any atom is -0.490 e. The summed E-state index contributed by atoms with van der Waals surface area (Å²) >= 11 is 0. The molecule has 1 saturated heterocycles. The molecule has 0 unspecified atom stereocenters. The lowest BCUT2D eigenvalue weighted by atomic mass is 10.2. The summed E-state index contributed by atoms with van der Waals surface area (Å²) in [6.07, 6.45) is -0.273. The highest BCUT2D eigenvalue weighted by atomic mass is 16.7. The highest BCUT2D eigenvalue weighted by Crippen LogP contribution is 2.29. The van der Waals surface area contributed by atoms with Gasteiger partial charge in [0.2, 0.25) is 0 Å². The Hall–Kier alpha value is -2.54. The van der Waals surface area contributed by atoms with Gasteiger partial charge in [0.05, 0.1) is 18.6 Å². The average Bonchev–Trinajstić information content (AvgIpc) is 3.21. The first kappa shape index (κ1) is 14.4. The summed E-state index contributed by atoms with van der Waals surface area (Å²) in [6.45, 7) is 3.25. The molecule has 0 bridgehead atoms. The first-order chi connectivity index (χ1) is 10.7. The Morgan fingerprint density at radius 1 is 1.36 bits per heavy atom. The molecule has 2 N–H and O–H groups in total. The van der Waals surface area contributed by atoms with Crippen LogP contribution in [0.4, 0.5) is 0 Å². The van der Waals surface area contributed by atoms with Gasteiger partial charge in [-0.15, -0.1) is 0 Å². The second kappa shape index (κ2) is 6.07. The van der Waals surface area contributed by atoms with Crippen molar-refractivity contribution in [1.29, 1.82) is 10.8 Å². The smallest absolute Gasteiger partial charge is 0.387 e. The van der Waals surface area contributed by atoms with Crippen LogP contribution >= 0.6 is 0 Å². The molecule has 22 heavy (non-hydrogen) atoms. The van der Waals surface area contributed by atoms with Gasteiger partial charge in [0.15, 0.2) is 5.76 Å². The normalized spacial score (nSPS) is 16.3. The first-order valence-corrected chi connectivity index (χ1v) is 6.92. The van der Waals surface area contributed by atoms with E-state index in [1.165, 1.54) is 0 Å². The fourth-order valence-corrected chi connectivity index (χ4v) is 1.92. The maximum absolute atomic E-state index is 7.82. The molecule has 2 heterocycles. The third-order valence-electron chi connectivity index (χ3n) is 3.04. The van der Waals surface area contributed by atoms with Crippen molar-refractivity contribution in [2.45, 2.75) is 13.0 Å². The third kappa shape index (κ3) is 3.20. The SMILES string of the molecule is CCOC(=N)OC(=N)c1cc2c(OC[C@@H]3CO3)cccc2o1. The van der Waals surface area contributed by atoms with Gasteiger partial charge in [-0.3, -0.25) is 5.41 Å². The van der Waals surface area contributed by atoms with E-state index in [1.807, 2.05) is 12.1 Å². The number of ether oxygens (including phenoxy) is 4. The van der Waals surface area contributed by atoms with Crippen molar-refractivity contribution in [3.63, 3.8) is 0 Å². The zero-order valence-corrected chi connectivity index (χ0v) is 12.0. The van der Waals surface area contributed by atoms with Crippen molar-refractivity contribution < 1.29 is 23.4 Å². The van der Waals surface area contributed by atoms with Crippen molar-refractivity contribution in [3.05, 3.63) is 30.0 Å². The second-order valence-corrected chi connectivity index (χ2v) is 4.70. The fourth-order valence-electron chi connectivity index (χ4n) is 1.92. The predicted octanol–water partition coefficient (Wildman–Crippen LogP) is 2.52. The Morgan fingerprint density at radius 2 is 2.18 bits per heavy atom. The monoisotopic (exact) mass is 304 g/mol. The van der Waals surface area contributed by atoms with Crippen LogP contribution in [0.2, 0.25) is 0 Å². The molecule has 3 rings (SSSR count). The highest BCUT2D eigenvalue weighted by molar-refractivity contribution is 5.99. The molecular weight excluding hydrogens is 288 g/mol. The number of fused-ring (bicyclic) bond motifs is 1. The molecule has 1 aromatic carbocycles. The van der Waals surface area contributed by atoms with E-state index < -0.39 is 6.08 Å². The molecule has 1 atom stereocenters. The van der Waals surface area contributed by atoms with Crippen LogP contribution < -0.4 is 4.74 Å². The number of rotatable bonds is 5. The lowest BCUT2D eigenvalue weighted by molar-refractivity contribution is 0.240. The van der Waals surface area contributed by atoms with Gasteiger partial charge in [-0.25, -0.2) is 5.41 Å². The van der Waals surface area contributed by atoms with Crippen LogP contribution in [-0.2, 0) is 14.2 Å². The van der Waals surface area contributed by atoms with Crippen LogP contribution in [0.15, 0.2) is 28.7 Å². The van der Waals surface area contributed by atoms with Gasteiger partial charge in [-0.2, -0.15) is 0 Å². The minimum atomic E-state index is -0.435. The lowest BCUT2D eigenvalue weighted by Gasteiger charge is -2.04. The van der Waals surface area contributed by atoms with Crippen molar-refractivity contribution in [2.24, 2.45) is 0 Å². The van der Waals surface area contributed by atoms with Crippen molar-refractivity contribution in [3.8, 4) is 5.75 Å². The van der Waals surface area contributed by atoms with Crippen LogP contribution in [0, 0.1) is 10.8 Å². The average molecular weight is 304 g/mol. The summed E-state index contributed by atoms with van der Waals surface area (Å²) in [5.74, 6) is 0.583. The molecule has 2 aromatic rings. The number of hydrogen-bond donors (Lipinski definition) is 2. The summed E-state index contributed by atoms with van der Waals surface area (Å²) in [5, 5.41) is 16.0. The van der Waals surface area contributed by atoms with Crippen LogP contribution in [0.25, 0.3) is 11.0 Å². The summed E-state index contributed by atoms with van der Waals surface area (Å²) in [5.41, 5.74) is 0.584. The van der Waals surface area contributed by atoms with E-state index in [-0.39, 0.29) is 17.8 Å². The zero-order chi connectivity index (χ0) is 15.5. The van der Waals surface area contributed by atoms with E-state index in [0.717, 1.165) is 12.0 Å². The minimum absolute atomic E-state index is 0.162. The van der Waals surface area contributed by atoms with E-state index in [2.05, 4.69) is 0 Å². The molecule has 1 aliphatic rings. The Bertz CT molecular complexity index is 705. The Balaban J connectivity index is 1.77. The summed E-state index contributed by atoms with van der Waals surface area (Å²) in [6, 6.07) is 7.07. The number of hydrogen-bond acceptors (Lipinski definition) is 7. The molecule has 7 nitrogen and oxygen atoms in total. The summed E-state index contributed by atoms with van der Waals surface area (Å²) in [7, 11) is 0. The first-order valence-electron chi connectivity index (χ1n) is 6.92. The third-order valence-corrected chi connectivity index (χ3v) is 3.04. The summed E-state index contributed by atoms with van der Waals surface area (Å²) in [4.78, 5) is 0. The molecule has 0 amide bonds. The van der Waals surface area contributed by atoms with Crippen molar-refractivity contribution >= 4 is 23.0 Å². The van der Waals surface area contributed by atoms with Gasteiger partial charge in [0.25, 0.3) is 5.90 Å². The van der Waals surface area contributed by atoms with E-state index in [0.29, 0.717) is 24.5 Å². The highest BCUT2D eigenvalue weighted by Gasteiger charge is 2.24. The predicted molar refractivity (Wildman–Crippen MR) is 78.7 cm³/mol.